The van der Waals surface area contributed by atoms with Crippen LogP contribution in [0.25, 0.3) is 0 Å². The Morgan fingerprint density at radius 3 is 2.58 bits per heavy atom. The number of sulfonamides is 1. The third-order valence-corrected chi connectivity index (χ3v) is 7.20. The molecule has 4 rings (SSSR count). The standard InChI is InChI=1S/C21H23ClN6O3S.ClH/c22-18-11-16-14-28(21(29)17(16)12-19(18)32(24,30)31)6-2-5-26-7-9-27(10-8-26)20-15(13-23)3-1-4-25-20;/h1,3-4,11-12H,2,5-10,14H2,(H2,24,30,31);1H. The van der Waals surface area contributed by atoms with Gasteiger partial charge in [0, 0.05) is 51.0 Å². The number of nitriles is 1. The van der Waals surface area contributed by atoms with Gasteiger partial charge in [-0.2, -0.15) is 5.26 Å². The Bertz CT molecular complexity index is 1190. The normalized spacial score (nSPS) is 16.3. The molecule has 0 bridgehead atoms. The minimum Gasteiger partial charge on any atom is -0.353 e. The van der Waals surface area contributed by atoms with Gasteiger partial charge in [0.1, 0.15) is 16.8 Å². The van der Waals surface area contributed by atoms with Gasteiger partial charge in [-0.15, -0.1) is 12.4 Å². The van der Waals surface area contributed by atoms with Gasteiger partial charge in [-0.25, -0.2) is 18.5 Å². The summed E-state index contributed by atoms with van der Waals surface area (Å²) in [6.45, 7) is 5.08. The van der Waals surface area contributed by atoms with E-state index < -0.39 is 10.0 Å². The van der Waals surface area contributed by atoms with E-state index >= 15 is 0 Å². The number of benzene rings is 1. The molecule has 2 aliphatic heterocycles. The number of piperazine rings is 1. The fourth-order valence-corrected chi connectivity index (χ4v) is 5.30. The molecule has 12 heteroatoms. The van der Waals surface area contributed by atoms with Crippen LogP contribution in [0.1, 0.15) is 27.9 Å². The van der Waals surface area contributed by atoms with Crippen LogP contribution < -0.4 is 10.0 Å². The van der Waals surface area contributed by atoms with E-state index in [0.717, 1.165) is 45.0 Å². The molecule has 33 heavy (non-hydrogen) atoms. The Labute approximate surface area is 204 Å². The van der Waals surface area contributed by atoms with Crippen molar-refractivity contribution in [2.75, 3.05) is 44.2 Å². The molecule has 0 saturated carbocycles. The van der Waals surface area contributed by atoms with Gasteiger partial charge in [-0.05, 0) is 42.8 Å². The van der Waals surface area contributed by atoms with Crippen molar-refractivity contribution in [3.8, 4) is 6.07 Å². The lowest BCUT2D eigenvalue weighted by atomic mass is 10.1. The molecule has 1 aromatic carbocycles. The van der Waals surface area contributed by atoms with Crippen molar-refractivity contribution in [1.82, 2.24) is 14.8 Å². The molecule has 0 aliphatic carbocycles. The van der Waals surface area contributed by atoms with E-state index in [1.165, 1.54) is 12.1 Å². The van der Waals surface area contributed by atoms with Crippen molar-refractivity contribution < 1.29 is 13.2 Å². The molecule has 176 valence electrons. The smallest absolute Gasteiger partial charge is 0.254 e. The minimum atomic E-state index is -3.99. The van der Waals surface area contributed by atoms with E-state index in [0.29, 0.717) is 29.8 Å². The fourth-order valence-electron chi connectivity index (χ4n) is 4.18. The first kappa shape index (κ1) is 25.2. The number of pyridine rings is 1. The largest absolute Gasteiger partial charge is 0.353 e. The summed E-state index contributed by atoms with van der Waals surface area (Å²) in [6, 6.07) is 8.53. The number of nitrogens with zero attached hydrogens (tertiary/aromatic N) is 5. The van der Waals surface area contributed by atoms with E-state index in [9.17, 15) is 18.5 Å². The molecule has 2 aromatic rings. The van der Waals surface area contributed by atoms with Crippen molar-refractivity contribution in [3.05, 3.63) is 52.2 Å². The van der Waals surface area contributed by atoms with Gasteiger partial charge in [0.05, 0.1) is 10.6 Å². The summed E-state index contributed by atoms with van der Waals surface area (Å²) in [4.78, 5) is 23.0. The van der Waals surface area contributed by atoms with Gasteiger partial charge in [-0.1, -0.05) is 11.6 Å². The molecule has 3 heterocycles. The highest BCUT2D eigenvalue weighted by atomic mass is 35.5. The predicted molar refractivity (Wildman–Crippen MR) is 127 cm³/mol. The van der Waals surface area contributed by atoms with Crippen LogP contribution in [0.4, 0.5) is 5.82 Å². The van der Waals surface area contributed by atoms with Crippen LogP contribution in [0.5, 0.6) is 0 Å². The van der Waals surface area contributed by atoms with Crippen LogP contribution in [0.3, 0.4) is 0 Å². The van der Waals surface area contributed by atoms with Gasteiger partial charge < -0.3 is 9.80 Å². The summed E-state index contributed by atoms with van der Waals surface area (Å²) >= 11 is 6.05. The third kappa shape index (κ3) is 5.39. The first-order valence-electron chi connectivity index (χ1n) is 10.2. The highest BCUT2D eigenvalue weighted by Gasteiger charge is 2.30. The Balaban J connectivity index is 0.00000306. The summed E-state index contributed by atoms with van der Waals surface area (Å²) in [6.07, 6.45) is 2.50. The summed E-state index contributed by atoms with van der Waals surface area (Å²) in [5.74, 6) is 0.526. The molecule has 0 atom stereocenters. The Morgan fingerprint density at radius 2 is 1.91 bits per heavy atom. The number of hydrogen-bond donors (Lipinski definition) is 1. The number of carbonyl (C=O) groups excluding carboxylic acids is 1. The number of primary sulfonamides is 1. The highest BCUT2D eigenvalue weighted by Crippen LogP contribution is 2.30. The number of rotatable bonds is 6. The van der Waals surface area contributed by atoms with Gasteiger partial charge in [0.15, 0.2) is 0 Å². The lowest BCUT2D eigenvalue weighted by molar-refractivity contribution is 0.0770. The van der Waals surface area contributed by atoms with Crippen molar-refractivity contribution >= 4 is 45.8 Å². The predicted octanol–water partition coefficient (Wildman–Crippen LogP) is 1.84. The van der Waals surface area contributed by atoms with E-state index in [1.807, 2.05) is 0 Å². The van der Waals surface area contributed by atoms with E-state index in [-0.39, 0.29) is 28.2 Å². The number of aromatic nitrogens is 1. The molecular weight excluding hydrogens is 487 g/mol. The van der Waals surface area contributed by atoms with Crippen LogP contribution in [-0.4, -0.2) is 68.4 Å². The number of halogens is 2. The lowest BCUT2D eigenvalue weighted by Crippen LogP contribution is -2.47. The molecule has 1 fully saturated rings. The minimum absolute atomic E-state index is 0. The Morgan fingerprint density at radius 1 is 1.18 bits per heavy atom. The molecule has 2 aliphatic rings. The molecule has 0 spiro atoms. The fraction of sp³-hybridized carbons (Fsp3) is 0.381. The van der Waals surface area contributed by atoms with Gasteiger partial charge >= 0.3 is 0 Å². The topological polar surface area (TPSA) is 124 Å². The van der Waals surface area contributed by atoms with Crippen LogP contribution in [0.2, 0.25) is 5.02 Å². The van der Waals surface area contributed by atoms with Crippen molar-refractivity contribution in [2.45, 2.75) is 17.9 Å². The highest BCUT2D eigenvalue weighted by molar-refractivity contribution is 7.89. The maximum atomic E-state index is 12.7. The first-order valence-corrected chi connectivity index (χ1v) is 12.2. The van der Waals surface area contributed by atoms with Crippen LogP contribution >= 0.6 is 24.0 Å². The van der Waals surface area contributed by atoms with Crippen molar-refractivity contribution in [2.24, 2.45) is 5.14 Å². The van der Waals surface area contributed by atoms with Gasteiger partial charge in [-0.3, -0.25) is 9.69 Å². The Hall–Kier alpha value is -2.42. The second-order valence-corrected chi connectivity index (χ2v) is 9.82. The maximum absolute atomic E-state index is 12.7. The third-order valence-electron chi connectivity index (χ3n) is 5.82. The monoisotopic (exact) mass is 510 g/mol. The zero-order chi connectivity index (χ0) is 22.9. The second-order valence-electron chi connectivity index (χ2n) is 7.88. The molecule has 9 nitrogen and oxygen atoms in total. The molecular formula is C21H24Cl2N6O3S. The molecule has 1 amide bonds. The van der Waals surface area contributed by atoms with E-state index in [2.05, 4.69) is 20.9 Å². The first-order chi connectivity index (χ1) is 15.3. The van der Waals surface area contributed by atoms with Gasteiger partial charge in [0.25, 0.3) is 5.91 Å². The summed E-state index contributed by atoms with van der Waals surface area (Å²) in [5.41, 5.74) is 1.64. The average molecular weight is 511 g/mol. The lowest BCUT2D eigenvalue weighted by Gasteiger charge is -2.35. The summed E-state index contributed by atoms with van der Waals surface area (Å²) in [5, 5.41) is 14.5. The number of fused-ring (bicyclic) bond motifs is 1. The van der Waals surface area contributed by atoms with Crippen LogP contribution in [0.15, 0.2) is 35.4 Å². The Kier molecular flexibility index (Phi) is 7.82. The van der Waals surface area contributed by atoms with Crippen LogP contribution in [0, 0.1) is 11.3 Å². The summed E-state index contributed by atoms with van der Waals surface area (Å²) in [7, 11) is -3.99. The maximum Gasteiger partial charge on any atom is 0.254 e. The molecule has 1 saturated heterocycles. The number of hydrogen-bond acceptors (Lipinski definition) is 7. The number of amides is 1. The zero-order valence-electron chi connectivity index (χ0n) is 17.8. The number of anilines is 1. The van der Waals surface area contributed by atoms with Crippen molar-refractivity contribution in [3.63, 3.8) is 0 Å². The molecule has 0 unspecified atom stereocenters. The van der Waals surface area contributed by atoms with E-state index in [1.54, 1.807) is 23.2 Å². The zero-order valence-corrected chi connectivity index (χ0v) is 20.2. The van der Waals surface area contributed by atoms with Crippen LogP contribution in [-0.2, 0) is 16.6 Å². The quantitative estimate of drug-likeness (QED) is 0.628. The number of nitrogens with two attached hydrogens (primary N) is 1. The number of carbonyl (C=O) groups is 1. The van der Waals surface area contributed by atoms with E-state index in [4.69, 9.17) is 16.7 Å². The molecule has 0 radical (unpaired) electrons. The molecule has 2 N–H and O–H groups in total. The SMILES string of the molecule is Cl.N#Cc1cccnc1N1CCN(CCCN2Cc3cc(Cl)c(S(N)(=O)=O)cc3C2=O)CC1. The average Bonchev–Trinajstić information content (AvgIpc) is 3.07. The van der Waals surface area contributed by atoms with Gasteiger partial charge in [0.2, 0.25) is 10.0 Å². The second kappa shape index (κ2) is 10.2. The van der Waals surface area contributed by atoms with Crippen molar-refractivity contribution in [1.29, 1.82) is 5.26 Å². The molecule has 1 aromatic heterocycles. The summed E-state index contributed by atoms with van der Waals surface area (Å²) < 4.78 is 23.4.